The standard InChI is InChI=1S/C21H19N7OS/c1-25-8-9-29-15-5-6-18(27-12-15)19-16(10-22)20(24)28-21(17(19)11-23)30-13-14-4-2-3-7-26-14/h2-7,12,25H,8-9,13H2,1H3,(H2,24,28). The Morgan fingerprint density at radius 2 is 1.97 bits per heavy atom. The maximum Gasteiger partial charge on any atom is 0.143 e. The summed E-state index contributed by atoms with van der Waals surface area (Å²) in [4.78, 5) is 13.0. The molecule has 0 aliphatic rings. The second kappa shape index (κ2) is 10.2. The number of ether oxygens (including phenoxy) is 1. The molecule has 0 saturated heterocycles. The SMILES string of the molecule is CNCCOc1ccc(-c2c(C#N)c(N)nc(SCc3ccccn3)c2C#N)nc1. The van der Waals surface area contributed by atoms with Gasteiger partial charge in [0.2, 0.25) is 0 Å². The molecule has 30 heavy (non-hydrogen) atoms. The van der Waals surface area contributed by atoms with Crippen LogP contribution in [0.5, 0.6) is 5.75 Å². The molecule has 0 amide bonds. The van der Waals surface area contributed by atoms with Crippen LogP contribution in [0.1, 0.15) is 16.8 Å². The number of nitriles is 2. The minimum atomic E-state index is 0.0613. The summed E-state index contributed by atoms with van der Waals surface area (Å²) in [6.45, 7) is 1.21. The molecule has 0 aliphatic carbocycles. The molecule has 0 spiro atoms. The Hall–Kier alpha value is -3.66. The molecule has 0 saturated carbocycles. The predicted octanol–water partition coefficient (Wildman–Crippen LogP) is 2.75. The van der Waals surface area contributed by atoms with Gasteiger partial charge >= 0.3 is 0 Å². The first kappa shape index (κ1) is 21.1. The third kappa shape index (κ3) is 4.84. The largest absolute Gasteiger partial charge is 0.491 e. The average Bonchev–Trinajstić information content (AvgIpc) is 2.78. The van der Waals surface area contributed by atoms with Gasteiger partial charge in [0.1, 0.15) is 40.9 Å². The predicted molar refractivity (Wildman–Crippen MR) is 115 cm³/mol. The van der Waals surface area contributed by atoms with E-state index in [9.17, 15) is 10.5 Å². The first-order valence-corrected chi connectivity index (χ1v) is 10.1. The van der Waals surface area contributed by atoms with Crippen molar-refractivity contribution in [2.45, 2.75) is 10.8 Å². The lowest BCUT2D eigenvalue weighted by Gasteiger charge is -2.13. The Balaban J connectivity index is 1.97. The molecule has 0 radical (unpaired) electrons. The second-order valence-corrected chi connectivity index (χ2v) is 7.06. The van der Waals surface area contributed by atoms with Crippen LogP contribution in [-0.4, -0.2) is 35.2 Å². The quantitative estimate of drug-likeness (QED) is 0.419. The lowest BCUT2D eigenvalue weighted by Crippen LogP contribution is -2.15. The summed E-state index contributed by atoms with van der Waals surface area (Å²) in [5.74, 6) is 1.17. The molecule has 3 heterocycles. The van der Waals surface area contributed by atoms with Crippen LogP contribution in [0.3, 0.4) is 0 Å². The average molecular weight is 417 g/mol. The zero-order chi connectivity index (χ0) is 21.3. The van der Waals surface area contributed by atoms with E-state index < -0.39 is 0 Å². The van der Waals surface area contributed by atoms with Gasteiger partial charge in [0.25, 0.3) is 0 Å². The number of likely N-dealkylation sites (N-methyl/N-ethyl adjacent to an activating group) is 1. The Kier molecular flexibility index (Phi) is 7.17. The number of thioether (sulfide) groups is 1. The van der Waals surface area contributed by atoms with Gasteiger partial charge in [-0.05, 0) is 31.3 Å². The normalized spacial score (nSPS) is 10.2. The third-order valence-electron chi connectivity index (χ3n) is 4.11. The van der Waals surface area contributed by atoms with Crippen molar-refractivity contribution < 1.29 is 4.74 Å². The van der Waals surface area contributed by atoms with Crippen LogP contribution < -0.4 is 15.8 Å². The highest BCUT2D eigenvalue weighted by atomic mass is 32.2. The molecule has 3 aromatic rings. The number of nitrogens with one attached hydrogen (secondary N) is 1. The number of hydrogen-bond donors (Lipinski definition) is 2. The minimum absolute atomic E-state index is 0.0613. The van der Waals surface area contributed by atoms with Gasteiger partial charge < -0.3 is 15.8 Å². The van der Waals surface area contributed by atoms with Gasteiger partial charge in [-0.15, -0.1) is 0 Å². The topological polar surface area (TPSA) is 134 Å². The van der Waals surface area contributed by atoms with Gasteiger partial charge in [-0.1, -0.05) is 17.8 Å². The van der Waals surface area contributed by atoms with Crippen LogP contribution in [0.25, 0.3) is 11.3 Å². The van der Waals surface area contributed by atoms with Gasteiger partial charge in [0, 0.05) is 24.1 Å². The summed E-state index contributed by atoms with van der Waals surface area (Å²) in [5, 5.41) is 22.9. The summed E-state index contributed by atoms with van der Waals surface area (Å²) in [6.07, 6.45) is 3.27. The van der Waals surface area contributed by atoms with E-state index in [1.54, 1.807) is 24.5 Å². The lowest BCUT2D eigenvalue weighted by atomic mass is 10.0. The molecule has 0 unspecified atom stereocenters. The van der Waals surface area contributed by atoms with E-state index in [4.69, 9.17) is 10.5 Å². The van der Waals surface area contributed by atoms with Crippen molar-refractivity contribution in [3.8, 4) is 29.1 Å². The third-order valence-corrected chi connectivity index (χ3v) is 5.12. The number of nitrogens with zero attached hydrogens (tertiary/aromatic N) is 5. The molecule has 0 atom stereocenters. The monoisotopic (exact) mass is 417 g/mol. The zero-order valence-electron chi connectivity index (χ0n) is 16.3. The Morgan fingerprint density at radius 1 is 1.13 bits per heavy atom. The Morgan fingerprint density at radius 3 is 2.60 bits per heavy atom. The number of anilines is 1. The van der Waals surface area contributed by atoms with E-state index in [0.29, 0.717) is 40.9 Å². The van der Waals surface area contributed by atoms with Gasteiger partial charge in [0.15, 0.2) is 0 Å². The van der Waals surface area contributed by atoms with Crippen molar-refractivity contribution >= 4 is 17.6 Å². The van der Waals surface area contributed by atoms with Crippen LogP contribution in [0.4, 0.5) is 5.82 Å². The molecule has 3 rings (SSSR count). The summed E-state index contributed by atoms with van der Waals surface area (Å²) in [7, 11) is 1.84. The smallest absolute Gasteiger partial charge is 0.143 e. The number of nitrogens with two attached hydrogens (primary N) is 1. The molecule has 3 aromatic heterocycles. The van der Waals surface area contributed by atoms with E-state index in [1.807, 2.05) is 25.2 Å². The molecule has 0 aromatic carbocycles. The molecule has 0 fully saturated rings. The zero-order valence-corrected chi connectivity index (χ0v) is 17.1. The fourth-order valence-corrected chi connectivity index (χ4v) is 3.58. The van der Waals surface area contributed by atoms with Crippen molar-refractivity contribution in [2.24, 2.45) is 0 Å². The van der Waals surface area contributed by atoms with Gasteiger partial charge in [-0.3, -0.25) is 9.97 Å². The maximum absolute atomic E-state index is 9.84. The molecule has 0 aliphatic heterocycles. The summed E-state index contributed by atoms with van der Waals surface area (Å²) in [6, 6.07) is 13.3. The Labute approximate surface area is 178 Å². The molecular weight excluding hydrogens is 398 g/mol. The fraction of sp³-hybridized carbons (Fsp3) is 0.190. The van der Waals surface area contributed by atoms with Gasteiger partial charge in [0.05, 0.1) is 23.1 Å². The highest BCUT2D eigenvalue weighted by molar-refractivity contribution is 7.98. The molecule has 9 heteroatoms. The van der Waals surface area contributed by atoms with Gasteiger partial charge in [-0.2, -0.15) is 10.5 Å². The van der Waals surface area contributed by atoms with Gasteiger partial charge in [-0.25, -0.2) is 4.98 Å². The highest BCUT2D eigenvalue weighted by Crippen LogP contribution is 2.35. The first-order valence-electron chi connectivity index (χ1n) is 9.08. The van der Waals surface area contributed by atoms with Crippen LogP contribution in [0, 0.1) is 22.7 Å². The number of rotatable bonds is 8. The molecule has 150 valence electrons. The van der Waals surface area contributed by atoms with E-state index in [-0.39, 0.29) is 16.9 Å². The van der Waals surface area contributed by atoms with Crippen molar-refractivity contribution in [1.29, 1.82) is 10.5 Å². The van der Waals surface area contributed by atoms with E-state index >= 15 is 0 Å². The van der Waals surface area contributed by atoms with E-state index in [2.05, 4.69) is 32.4 Å². The maximum atomic E-state index is 9.84. The van der Waals surface area contributed by atoms with Crippen LogP contribution in [0.15, 0.2) is 47.8 Å². The lowest BCUT2D eigenvalue weighted by molar-refractivity contribution is 0.317. The van der Waals surface area contributed by atoms with Crippen molar-refractivity contribution in [3.05, 3.63) is 59.5 Å². The number of hydrogen-bond acceptors (Lipinski definition) is 9. The number of nitrogen functional groups attached to an aromatic ring is 1. The Bertz CT molecular complexity index is 1090. The molecule has 0 bridgehead atoms. The first-order chi connectivity index (χ1) is 14.7. The van der Waals surface area contributed by atoms with Crippen LogP contribution in [-0.2, 0) is 5.75 Å². The van der Waals surface area contributed by atoms with Crippen molar-refractivity contribution in [1.82, 2.24) is 20.3 Å². The minimum Gasteiger partial charge on any atom is -0.491 e. The summed E-state index contributed by atoms with van der Waals surface area (Å²) >= 11 is 1.34. The molecule has 3 N–H and O–H groups in total. The van der Waals surface area contributed by atoms with E-state index in [0.717, 1.165) is 5.69 Å². The number of aromatic nitrogens is 3. The van der Waals surface area contributed by atoms with Crippen molar-refractivity contribution in [2.75, 3.05) is 25.9 Å². The molecule has 8 nitrogen and oxygen atoms in total. The summed E-state index contributed by atoms with van der Waals surface area (Å²) in [5.41, 5.74) is 8.11. The summed E-state index contributed by atoms with van der Waals surface area (Å²) < 4.78 is 5.58. The van der Waals surface area contributed by atoms with Crippen LogP contribution in [0.2, 0.25) is 0 Å². The molecular formula is C21H19N7OS. The van der Waals surface area contributed by atoms with Crippen molar-refractivity contribution in [3.63, 3.8) is 0 Å². The van der Waals surface area contributed by atoms with E-state index in [1.165, 1.54) is 11.8 Å². The highest BCUT2D eigenvalue weighted by Gasteiger charge is 2.21. The fourth-order valence-electron chi connectivity index (χ4n) is 2.67. The number of pyridine rings is 3. The second-order valence-electron chi connectivity index (χ2n) is 6.09. The van der Waals surface area contributed by atoms with Crippen LogP contribution >= 0.6 is 11.8 Å².